The number of anilines is 1. The molecule has 37 heavy (non-hydrogen) atoms. The van der Waals surface area contributed by atoms with E-state index >= 15 is 0 Å². The van der Waals surface area contributed by atoms with E-state index in [4.69, 9.17) is 19.9 Å². The second-order valence-corrected chi connectivity index (χ2v) is 8.17. The van der Waals surface area contributed by atoms with Gasteiger partial charge in [0.2, 0.25) is 0 Å². The Morgan fingerprint density at radius 2 is 1.51 bits per heavy atom. The van der Waals surface area contributed by atoms with Crippen molar-refractivity contribution in [2.24, 2.45) is 5.73 Å². The highest BCUT2D eigenvalue weighted by atomic mass is 16.5. The summed E-state index contributed by atoms with van der Waals surface area (Å²) in [5.74, 6) is -1.67. The standard InChI is InChI=1S/C29H25N3O5/c1-18-11-10-16-22(26(18)37-20-14-8-5-9-15-20)32-25(29(34)36-3)24(28(33)35-2)23(21(17-30)27(32)31)19-12-6-4-7-13-19/h4-16,23H,31H2,1-3H3. The minimum Gasteiger partial charge on any atom is -0.466 e. The van der Waals surface area contributed by atoms with Crippen molar-refractivity contribution in [2.75, 3.05) is 19.1 Å². The second-order valence-electron chi connectivity index (χ2n) is 8.17. The fourth-order valence-corrected chi connectivity index (χ4v) is 4.32. The SMILES string of the molecule is COC(=O)C1=C(C(=O)OC)N(c2cccc(C)c2Oc2ccccc2)C(N)=C(C#N)C1c1ccccc1. The lowest BCUT2D eigenvalue weighted by molar-refractivity contribution is -0.139. The van der Waals surface area contributed by atoms with Crippen molar-refractivity contribution >= 4 is 17.6 Å². The van der Waals surface area contributed by atoms with E-state index in [0.29, 0.717) is 22.7 Å². The van der Waals surface area contributed by atoms with Crippen molar-refractivity contribution in [1.82, 2.24) is 0 Å². The number of nitrogens with zero attached hydrogens (tertiary/aromatic N) is 2. The van der Waals surface area contributed by atoms with Crippen molar-refractivity contribution in [2.45, 2.75) is 12.8 Å². The molecule has 0 radical (unpaired) electrons. The molecule has 186 valence electrons. The van der Waals surface area contributed by atoms with E-state index in [0.717, 1.165) is 5.56 Å². The third-order valence-corrected chi connectivity index (χ3v) is 6.01. The molecular weight excluding hydrogens is 470 g/mol. The van der Waals surface area contributed by atoms with Crippen LogP contribution in [0.15, 0.2) is 102 Å². The quantitative estimate of drug-likeness (QED) is 0.490. The van der Waals surface area contributed by atoms with Gasteiger partial charge < -0.3 is 19.9 Å². The highest BCUT2D eigenvalue weighted by Crippen LogP contribution is 2.46. The molecule has 3 aromatic carbocycles. The summed E-state index contributed by atoms with van der Waals surface area (Å²) in [6, 6.07) is 25.4. The number of rotatable bonds is 6. The summed E-state index contributed by atoms with van der Waals surface area (Å²) in [5, 5.41) is 10.2. The van der Waals surface area contributed by atoms with Crippen molar-refractivity contribution in [3.63, 3.8) is 0 Å². The van der Waals surface area contributed by atoms with Crippen LogP contribution in [-0.2, 0) is 19.1 Å². The van der Waals surface area contributed by atoms with Crippen LogP contribution < -0.4 is 15.4 Å². The van der Waals surface area contributed by atoms with Crippen LogP contribution in [0, 0.1) is 18.3 Å². The fraction of sp³-hybridized carbons (Fsp3) is 0.138. The number of aryl methyl sites for hydroxylation is 1. The largest absolute Gasteiger partial charge is 0.466 e. The smallest absolute Gasteiger partial charge is 0.355 e. The molecule has 3 aromatic rings. The Labute approximate surface area is 214 Å². The third-order valence-electron chi connectivity index (χ3n) is 6.01. The van der Waals surface area contributed by atoms with Gasteiger partial charge in [-0.1, -0.05) is 60.7 Å². The van der Waals surface area contributed by atoms with Crippen LogP contribution in [0.2, 0.25) is 0 Å². The maximum Gasteiger partial charge on any atom is 0.355 e. The van der Waals surface area contributed by atoms with E-state index in [1.54, 1.807) is 54.6 Å². The molecule has 0 bridgehead atoms. The molecule has 0 saturated carbocycles. The zero-order valence-corrected chi connectivity index (χ0v) is 20.6. The van der Waals surface area contributed by atoms with E-state index in [1.165, 1.54) is 19.1 Å². The molecule has 0 amide bonds. The summed E-state index contributed by atoms with van der Waals surface area (Å²) in [4.78, 5) is 27.9. The molecule has 4 rings (SSSR count). The number of nitrogens with two attached hydrogens (primary N) is 1. The predicted molar refractivity (Wildman–Crippen MR) is 137 cm³/mol. The molecule has 1 atom stereocenters. The highest BCUT2D eigenvalue weighted by molar-refractivity contribution is 6.06. The summed E-state index contributed by atoms with van der Waals surface area (Å²) in [6.45, 7) is 1.84. The maximum atomic E-state index is 13.3. The van der Waals surface area contributed by atoms with Crippen LogP contribution in [0.4, 0.5) is 5.69 Å². The molecular formula is C29H25N3O5. The Morgan fingerprint density at radius 1 is 0.892 bits per heavy atom. The Bertz CT molecular complexity index is 1440. The number of ether oxygens (including phenoxy) is 3. The second kappa shape index (κ2) is 10.7. The summed E-state index contributed by atoms with van der Waals surface area (Å²) in [6.07, 6.45) is 0. The van der Waals surface area contributed by atoms with Crippen molar-refractivity contribution in [3.8, 4) is 17.6 Å². The maximum absolute atomic E-state index is 13.3. The third kappa shape index (κ3) is 4.62. The highest BCUT2D eigenvalue weighted by Gasteiger charge is 2.43. The molecule has 1 unspecified atom stereocenters. The average Bonchev–Trinajstić information content (AvgIpc) is 2.93. The Kier molecular flexibility index (Phi) is 7.26. The lowest BCUT2D eigenvalue weighted by Crippen LogP contribution is -2.41. The molecule has 1 aliphatic heterocycles. The first-order valence-electron chi connectivity index (χ1n) is 11.4. The Hall–Kier alpha value is -5.03. The number of nitriles is 1. The lowest BCUT2D eigenvalue weighted by atomic mass is 9.81. The fourth-order valence-electron chi connectivity index (χ4n) is 4.32. The van der Waals surface area contributed by atoms with Crippen LogP contribution in [0.5, 0.6) is 11.5 Å². The number of hydrogen-bond donors (Lipinski definition) is 1. The number of esters is 2. The molecule has 8 nitrogen and oxygen atoms in total. The van der Waals surface area contributed by atoms with Gasteiger partial charge in [0, 0.05) is 0 Å². The van der Waals surface area contributed by atoms with Crippen molar-refractivity contribution in [1.29, 1.82) is 5.26 Å². The Morgan fingerprint density at radius 3 is 2.11 bits per heavy atom. The first-order chi connectivity index (χ1) is 17.9. The molecule has 0 aliphatic carbocycles. The minimum absolute atomic E-state index is 0.0343. The van der Waals surface area contributed by atoms with Gasteiger partial charge >= 0.3 is 11.9 Å². The minimum atomic E-state index is -0.952. The number of benzene rings is 3. The van der Waals surface area contributed by atoms with Gasteiger partial charge in [0.25, 0.3) is 0 Å². The van der Waals surface area contributed by atoms with Crippen molar-refractivity contribution < 1.29 is 23.8 Å². The van der Waals surface area contributed by atoms with Crippen LogP contribution >= 0.6 is 0 Å². The van der Waals surface area contributed by atoms with Gasteiger partial charge in [0.05, 0.1) is 43.0 Å². The molecule has 0 aromatic heterocycles. The molecule has 0 fully saturated rings. The van der Waals surface area contributed by atoms with E-state index in [2.05, 4.69) is 6.07 Å². The van der Waals surface area contributed by atoms with Crippen LogP contribution in [0.25, 0.3) is 0 Å². The van der Waals surface area contributed by atoms with Gasteiger partial charge in [-0.15, -0.1) is 0 Å². The number of carbonyl (C=O) groups is 2. The Balaban J connectivity index is 2.05. The van der Waals surface area contributed by atoms with Gasteiger partial charge in [-0.05, 0) is 36.2 Å². The monoisotopic (exact) mass is 495 g/mol. The number of para-hydroxylation sites is 2. The van der Waals surface area contributed by atoms with Gasteiger partial charge in [0.15, 0.2) is 5.75 Å². The number of allylic oxidation sites excluding steroid dienone is 1. The average molecular weight is 496 g/mol. The lowest BCUT2D eigenvalue weighted by Gasteiger charge is -2.36. The molecule has 1 heterocycles. The first kappa shape index (κ1) is 25.1. The number of hydrogen-bond acceptors (Lipinski definition) is 8. The van der Waals surface area contributed by atoms with Gasteiger partial charge in [-0.3, -0.25) is 4.90 Å². The molecule has 1 aliphatic rings. The van der Waals surface area contributed by atoms with Crippen LogP contribution in [-0.4, -0.2) is 26.2 Å². The van der Waals surface area contributed by atoms with E-state index in [9.17, 15) is 14.9 Å². The normalized spacial score (nSPS) is 15.2. The van der Waals surface area contributed by atoms with Crippen molar-refractivity contribution in [3.05, 3.63) is 113 Å². The summed E-state index contributed by atoms with van der Waals surface area (Å²) in [5.41, 5.74) is 8.15. The predicted octanol–water partition coefficient (Wildman–Crippen LogP) is 4.69. The first-order valence-corrected chi connectivity index (χ1v) is 11.4. The molecule has 8 heteroatoms. The van der Waals surface area contributed by atoms with Crippen LogP contribution in [0.1, 0.15) is 17.0 Å². The number of carbonyl (C=O) groups excluding carboxylic acids is 2. The summed E-state index contributed by atoms with van der Waals surface area (Å²) < 4.78 is 16.4. The van der Waals surface area contributed by atoms with Gasteiger partial charge in [0.1, 0.15) is 17.3 Å². The molecule has 0 spiro atoms. The van der Waals surface area contributed by atoms with E-state index < -0.39 is 17.9 Å². The van der Waals surface area contributed by atoms with E-state index in [-0.39, 0.29) is 22.7 Å². The summed E-state index contributed by atoms with van der Waals surface area (Å²) in [7, 11) is 2.41. The molecule has 0 saturated heterocycles. The zero-order chi connectivity index (χ0) is 26.5. The van der Waals surface area contributed by atoms with Gasteiger partial charge in [-0.2, -0.15) is 5.26 Å². The molecule has 2 N–H and O–H groups in total. The zero-order valence-electron chi connectivity index (χ0n) is 20.6. The topological polar surface area (TPSA) is 115 Å². The van der Waals surface area contributed by atoms with Gasteiger partial charge in [-0.25, -0.2) is 9.59 Å². The van der Waals surface area contributed by atoms with Crippen LogP contribution in [0.3, 0.4) is 0 Å². The van der Waals surface area contributed by atoms with E-state index in [1.807, 2.05) is 31.2 Å². The number of methoxy groups -OCH3 is 2. The summed E-state index contributed by atoms with van der Waals surface area (Å²) >= 11 is 0.